The zero-order valence-electron chi connectivity index (χ0n) is 15.2. The molecule has 0 radical (unpaired) electrons. The normalized spacial score (nSPS) is 22.3. The third-order valence-corrected chi connectivity index (χ3v) is 5.43. The lowest BCUT2D eigenvalue weighted by atomic mass is 9.77. The minimum Gasteiger partial charge on any atom is -0.481 e. The van der Waals surface area contributed by atoms with Crippen LogP contribution in [0.4, 0.5) is 0 Å². The first-order valence-corrected chi connectivity index (χ1v) is 9.59. The van der Waals surface area contributed by atoms with Crippen molar-refractivity contribution in [3.63, 3.8) is 0 Å². The summed E-state index contributed by atoms with van der Waals surface area (Å²) in [4.78, 5) is 11.0. The van der Waals surface area contributed by atoms with Crippen LogP contribution in [0.3, 0.4) is 0 Å². The molecule has 0 aromatic rings. The fourth-order valence-electron chi connectivity index (χ4n) is 3.88. The Morgan fingerprint density at radius 3 is 2.00 bits per heavy atom. The lowest BCUT2D eigenvalue weighted by Crippen LogP contribution is -2.36. The lowest BCUT2D eigenvalue weighted by Gasteiger charge is -2.32. The summed E-state index contributed by atoms with van der Waals surface area (Å²) < 4.78 is 0. The van der Waals surface area contributed by atoms with E-state index in [0.29, 0.717) is 12.0 Å². The molecule has 2 N–H and O–H groups in total. The maximum atomic E-state index is 11.0. The molecule has 0 aromatic carbocycles. The molecule has 1 rings (SSSR count). The Morgan fingerprint density at radius 2 is 1.52 bits per heavy atom. The molecule has 1 aliphatic carbocycles. The van der Waals surface area contributed by atoms with Crippen molar-refractivity contribution in [2.24, 2.45) is 11.8 Å². The molecule has 4 heteroatoms. The molecule has 0 saturated heterocycles. The third-order valence-electron chi connectivity index (χ3n) is 5.43. The Kier molecular flexibility index (Phi) is 13.9. The average molecular weight is 348 g/mol. The van der Waals surface area contributed by atoms with Crippen molar-refractivity contribution >= 4 is 18.4 Å². The number of nitrogens with one attached hydrogen (secondary N) is 1. The first kappa shape index (κ1) is 22.7. The summed E-state index contributed by atoms with van der Waals surface area (Å²) in [6, 6.07) is 0.592. The molecule has 1 aliphatic rings. The van der Waals surface area contributed by atoms with Gasteiger partial charge in [0.25, 0.3) is 0 Å². The van der Waals surface area contributed by atoms with E-state index in [1.165, 1.54) is 57.8 Å². The molecule has 0 aromatic heterocycles. The molecular formula is C19H38ClNO2. The summed E-state index contributed by atoms with van der Waals surface area (Å²) in [6.07, 6.45) is 16.1. The average Bonchev–Trinajstić information content (AvgIpc) is 2.54. The van der Waals surface area contributed by atoms with Crippen molar-refractivity contribution in [2.75, 3.05) is 7.05 Å². The van der Waals surface area contributed by atoms with E-state index in [4.69, 9.17) is 5.11 Å². The molecule has 3 nitrogen and oxygen atoms in total. The largest absolute Gasteiger partial charge is 0.481 e. The Bertz CT molecular complexity index is 291. The zero-order chi connectivity index (χ0) is 16.2. The Morgan fingerprint density at radius 1 is 1.00 bits per heavy atom. The topological polar surface area (TPSA) is 49.3 Å². The minimum absolute atomic E-state index is 0. The summed E-state index contributed by atoms with van der Waals surface area (Å²) in [7, 11) is 2.07. The summed E-state index contributed by atoms with van der Waals surface area (Å²) in [5.74, 6) is 0.00422. The second-order valence-corrected chi connectivity index (χ2v) is 7.11. The van der Waals surface area contributed by atoms with Crippen LogP contribution < -0.4 is 5.32 Å². The molecule has 138 valence electrons. The number of carboxylic acid groups (broad SMARTS) is 1. The van der Waals surface area contributed by atoms with Gasteiger partial charge in [0.2, 0.25) is 0 Å². The highest BCUT2D eigenvalue weighted by Crippen LogP contribution is 2.32. The highest BCUT2D eigenvalue weighted by molar-refractivity contribution is 5.85. The minimum atomic E-state index is -0.595. The smallest absolute Gasteiger partial charge is 0.306 e. The van der Waals surface area contributed by atoms with E-state index < -0.39 is 5.97 Å². The van der Waals surface area contributed by atoms with Crippen molar-refractivity contribution < 1.29 is 9.90 Å². The first-order chi connectivity index (χ1) is 10.7. The fourth-order valence-corrected chi connectivity index (χ4v) is 3.88. The molecule has 0 aliphatic heterocycles. The van der Waals surface area contributed by atoms with E-state index in [-0.39, 0.29) is 18.3 Å². The number of unbranched alkanes of at least 4 members (excludes halogenated alkanes) is 7. The summed E-state index contributed by atoms with van der Waals surface area (Å²) in [5, 5.41) is 12.6. The van der Waals surface area contributed by atoms with E-state index in [9.17, 15) is 4.79 Å². The maximum absolute atomic E-state index is 11.0. The number of carbonyl (C=O) groups is 1. The van der Waals surface area contributed by atoms with Crippen molar-refractivity contribution in [1.29, 1.82) is 0 Å². The monoisotopic (exact) mass is 347 g/mol. The van der Waals surface area contributed by atoms with E-state index in [2.05, 4.69) is 19.3 Å². The van der Waals surface area contributed by atoms with Crippen LogP contribution in [-0.4, -0.2) is 24.2 Å². The standard InChI is InChI=1S/C19H37NO2.ClH/c1-3-4-5-6-7-8-9-10-11-18(20-2)16-12-14-17(15-13-16)19(21)22;/h16-18,20H,3-15H2,1-2H3,(H,21,22);1H/t16-,17-,18?;. The number of aliphatic carboxylic acids is 1. The van der Waals surface area contributed by atoms with E-state index in [1.54, 1.807) is 0 Å². The van der Waals surface area contributed by atoms with Crippen LogP contribution in [0.1, 0.15) is 90.4 Å². The van der Waals surface area contributed by atoms with E-state index in [1.807, 2.05) is 0 Å². The maximum Gasteiger partial charge on any atom is 0.306 e. The van der Waals surface area contributed by atoms with Gasteiger partial charge in [-0.2, -0.15) is 0 Å². The summed E-state index contributed by atoms with van der Waals surface area (Å²) in [5.41, 5.74) is 0. The Hall–Kier alpha value is -0.280. The predicted molar refractivity (Wildman–Crippen MR) is 100 cm³/mol. The van der Waals surface area contributed by atoms with Crippen LogP contribution in [0.5, 0.6) is 0 Å². The van der Waals surface area contributed by atoms with E-state index in [0.717, 1.165) is 25.7 Å². The van der Waals surface area contributed by atoms with Gasteiger partial charge >= 0.3 is 5.97 Å². The molecular weight excluding hydrogens is 310 g/mol. The van der Waals surface area contributed by atoms with Crippen LogP contribution in [-0.2, 0) is 4.79 Å². The van der Waals surface area contributed by atoms with Crippen molar-refractivity contribution in [3.05, 3.63) is 0 Å². The SMILES string of the molecule is CCCCCCCCCCC(NC)[C@H]1CC[C@H](C(=O)O)CC1.Cl. The highest BCUT2D eigenvalue weighted by atomic mass is 35.5. The number of rotatable bonds is 12. The van der Waals surface area contributed by atoms with Gasteiger partial charge in [-0.25, -0.2) is 0 Å². The van der Waals surface area contributed by atoms with Crippen LogP contribution in [0.25, 0.3) is 0 Å². The molecule has 1 unspecified atom stereocenters. The summed E-state index contributed by atoms with van der Waals surface area (Å²) >= 11 is 0. The quantitative estimate of drug-likeness (QED) is 0.463. The van der Waals surface area contributed by atoms with Gasteiger partial charge in [0.1, 0.15) is 0 Å². The van der Waals surface area contributed by atoms with Gasteiger partial charge < -0.3 is 10.4 Å². The third kappa shape index (κ3) is 9.56. The Labute approximate surface area is 149 Å². The van der Waals surface area contributed by atoms with Gasteiger partial charge in [0, 0.05) is 6.04 Å². The molecule has 23 heavy (non-hydrogen) atoms. The molecule has 0 bridgehead atoms. The second kappa shape index (κ2) is 14.1. The number of hydrogen-bond donors (Lipinski definition) is 2. The van der Waals surface area contributed by atoms with Crippen molar-refractivity contribution in [1.82, 2.24) is 5.32 Å². The lowest BCUT2D eigenvalue weighted by molar-refractivity contribution is -0.143. The van der Waals surface area contributed by atoms with Crippen LogP contribution in [0.15, 0.2) is 0 Å². The molecule has 1 fully saturated rings. The van der Waals surface area contributed by atoms with Gasteiger partial charge in [-0.1, -0.05) is 58.3 Å². The molecule has 1 saturated carbocycles. The van der Waals surface area contributed by atoms with Crippen LogP contribution >= 0.6 is 12.4 Å². The molecule has 1 atom stereocenters. The predicted octanol–water partition coefficient (Wildman–Crippen LogP) is 5.42. The first-order valence-electron chi connectivity index (χ1n) is 9.59. The van der Waals surface area contributed by atoms with Crippen molar-refractivity contribution in [3.8, 4) is 0 Å². The van der Waals surface area contributed by atoms with Gasteiger partial charge in [-0.15, -0.1) is 12.4 Å². The molecule has 0 amide bonds. The number of carboxylic acids is 1. The fraction of sp³-hybridized carbons (Fsp3) is 0.947. The van der Waals surface area contributed by atoms with Gasteiger partial charge in [0.15, 0.2) is 0 Å². The molecule has 0 heterocycles. The number of hydrogen-bond acceptors (Lipinski definition) is 2. The van der Waals surface area contributed by atoms with Gasteiger partial charge in [-0.3, -0.25) is 4.79 Å². The van der Waals surface area contributed by atoms with Crippen molar-refractivity contribution in [2.45, 2.75) is 96.4 Å². The van der Waals surface area contributed by atoms with E-state index >= 15 is 0 Å². The van der Waals surface area contributed by atoms with Gasteiger partial charge in [0.05, 0.1) is 5.92 Å². The zero-order valence-corrected chi connectivity index (χ0v) is 16.0. The van der Waals surface area contributed by atoms with Crippen LogP contribution in [0.2, 0.25) is 0 Å². The Balaban J connectivity index is 0.00000484. The summed E-state index contributed by atoms with van der Waals surface area (Å²) in [6.45, 7) is 2.27. The highest BCUT2D eigenvalue weighted by Gasteiger charge is 2.29. The molecule has 0 spiro atoms. The number of halogens is 1. The van der Waals surface area contributed by atoms with Gasteiger partial charge in [-0.05, 0) is 45.1 Å². The van der Waals surface area contributed by atoms with Crippen LogP contribution in [0, 0.1) is 11.8 Å². The second-order valence-electron chi connectivity index (χ2n) is 7.11.